The largest absolute Gasteiger partial charge is 0.347 e. The zero-order valence-corrected chi connectivity index (χ0v) is 15.3. The molecule has 0 bridgehead atoms. The van der Waals surface area contributed by atoms with Crippen molar-refractivity contribution in [1.29, 1.82) is 0 Å². The number of likely N-dealkylation sites (N-methyl/N-ethyl adjacent to an activating group) is 1. The monoisotopic (exact) mass is 388 g/mol. The van der Waals surface area contributed by atoms with Crippen molar-refractivity contribution in [1.82, 2.24) is 10.2 Å². The molecule has 0 saturated heterocycles. The molecular weight excluding hydrogens is 368 g/mol. The molecule has 0 atom stereocenters. The summed E-state index contributed by atoms with van der Waals surface area (Å²) < 4.78 is 0.973. The quantitative estimate of drug-likeness (QED) is 0.791. The predicted octanol–water partition coefficient (Wildman–Crippen LogP) is 3.16. The smallest absolute Gasteiger partial charge is 0.242 e. The summed E-state index contributed by atoms with van der Waals surface area (Å²) in [5, 5.41) is 2.70. The lowest BCUT2D eigenvalue weighted by atomic mass is 10.1. The van der Waals surface area contributed by atoms with Gasteiger partial charge in [0.1, 0.15) is 0 Å². The number of halogens is 1. The number of carbonyl (C=O) groups excluding carboxylic acids is 2. The fraction of sp³-hybridized carbons (Fsp3) is 0.263. The van der Waals surface area contributed by atoms with Crippen molar-refractivity contribution in [2.75, 3.05) is 13.1 Å². The number of nitrogens with one attached hydrogen (secondary N) is 1. The van der Waals surface area contributed by atoms with E-state index in [0.29, 0.717) is 13.1 Å². The molecule has 0 heterocycles. The topological polar surface area (TPSA) is 49.4 Å². The summed E-state index contributed by atoms with van der Waals surface area (Å²) in [6.07, 6.45) is 0.269. The van der Waals surface area contributed by atoms with E-state index in [9.17, 15) is 9.59 Å². The molecule has 2 aromatic rings. The fourth-order valence-electron chi connectivity index (χ4n) is 2.32. The van der Waals surface area contributed by atoms with Crippen LogP contribution in [-0.4, -0.2) is 29.8 Å². The van der Waals surface area contributed by atoms with E-state index in [1.807, 2.05) is 61.5 Å². The number of hydrogen-bond donors (Lipinski definition) is 1. The Bertz CT molecular complexity index is 672. The van der Waals surface area contributed by atoms with Gasteiger partial charge in [-0.2, -0.15) is 0 Å². The molecule has 0 aromatic heterocycles. The molecule has 0 fully saturated rings. The van der Waals surface area contributed by atoms with Crippen molar-refractivity contribution in [3.05, 3.63) is 70.2 Å². The average Bonchev–Trinajstić information content (AvgIpc) is 2.60. The van der Waals surface area contributed by atoms with Crippen LogP contribution in [0.15, 0.2) is 59.1 Å². The highest BCUT2D eigenvalue weighted by Gasteiger charge is 2.13. The van der Waals surface area contributed by atoms with Gasteiger partial charge in [0.25, 0.3) is 0 Å². The number of benzene rings is 2. The summed E-state index contributed by atoms with van der Waals surface area (Å²) >= 11 is 3.36. The SMILES string of the molecule is CCN(Cc1ccccc1)C(=O)CNC(=O)Cc1ccc(Br)cc1. The van der Waals surface area contributed by atoms with Gasteiger partial charge in [0.2, 0.25) is 11.8 Å². The van der Waals surface area contributed by atoms with E-state index in [2.05, 4.69) is 21.2 Å². The highest BCUT2D eigenvalue weighted by Crippen LogP contribution is 2.10. The highest BCUT2D eigenvalue weighted by atomic mass is 79.9. The average molecular weight is 389 g/mol. The molecule has 126 valence electrons. The summed E-state index contributed by atoms with van der Waals surface area (Å²) in [7, 11) is 0. The minimum absolute atomic E-state index is 0.0238. The first kappa shape index (κ1) is 18.2. The van der Waals surface area contributed by atoms with Gasteiger partial charge in [-0.1, -0.05) is 58.4 Å². The molecule has 24 heavy (non-hydrogen) atoms. The molecule has 0 saturated carbocycles. The lowest BCUT2D eigenvalue weighted by molar-refractivity contribution is -0.133. The molecule has 0 spiro atoms. The van der Waals surface area contributed by atoms with E-state index >= 15 is 0 Å². The Balaban J connectivity index is 1.82. The van der Waals surface area contributed by atoms with Crippen molar-refractivity contribution >= 4 is 27.7 Å². The first-order valence-electron chi connectivity index (χ1n) is 7.91. The summed E-state index contributed by atoms with van der Waals surface area (Å²) in [6, 6.07) is 17.4. The normalized spacial score (nSPS) is 10.2. The molecule has 2 rings (SSSR count). The van der Waals surface area contributed by atoms with E-state index in [4.69, 9.17) is 0 Å². The van der Waals surface area contributed by atoms with E-state index < -0.39 is 0 Å². The Morgan fingerprint density at radius 2 is 1.67 bits per heavy atom. The zero-order valence-electron chi connectivity index (χ0n) is 13.7. The number of rotatable bonds is 7. The molecule has 5 heteroatoms. The number of hydrogen-bond acceptors (Lipinski definition) is 2. The minimum atomic E-state index is -0.151. The molecule has 0 aliphatic rings. The summed E-state index contributed by atoms with van der Waals surface area (Å²) in [4.78, 5) is 26.0. The van der Waals surface area contributed by atoms with Crippen LogP contribution in [0.5, 0.6) is 0 Å². The second kappa shape index (κ2) is 9.23. The summed E-state index contributed by atoms with van der Waals surface area (Å²) in [5.41, 5.74) is 1.99. The third kappa shape index (κ3) is 5.81. The van der Waals surface area contributed by atoms with Crippen molar-refractivity contribution in [2.45, 2.75) is 19.9 Å². The van der Waals surface area contributed by atoms with Crippen LogP contribution in [0.2, 0.25) is 0 Å². The Kier molecular flexibility index (Phi) is 7.00. The van der Waals surface area contributed by atoms with Crippen molar-refractivity contribution in [2.24, 2.45) is 0 Å². The minimum Gasteiger partial charge on any atom is -0.347 e. The standard InChI is InChI=1S/C19H21BrN2O2/c1-2-22(14-16-6-4-3-5-7-16)19(24)13-21-18(23)12-15-8-10-17(20)11-9-15/h3-11H,2,12-14H2,1H3,(H,21,23). The summed E-state index contributed by atoms with van der Waals surface area (Å²) in [5.74, 6) is -0.230. The maximum Gasteiger partial charge on any atom is 0.242 e. The van der Waals surface area contributed by atoms with Crippen LogP contribution in [0.25, 0.3) is 0 Å². The van der Waals surface area contributed by atoms with Crippen LogP contribution in [0.4, 0.5) is 0 Å². The van der Waals surface area contributed by atoms with Crippen molar-refractivity contribution in [3.63, 3.8) is 0 Å². The molecule has 1 N–H and O–H groups in total. The van der Waals surface area contributed by atoms with Gasteiger partial charge in [-0.3, -0.25) is 9.59 Å². The molecule has 4 nitrogen and oxygen atoms in total. The highest BCUT2D eigenvalue weighted by molar-refractivity contribution is 9.10. The third-order valence-corrected chi connectivity index (χ3v) is 4.19. The van der Waals surface area contributed by atoms with Crippen LogP contribution in [0.1, 0.15) is 18.1 Å². The lowest BCUT2D eigenvalue weighted by Gasteiger charge is -2.21. The van der Waals surface area contributed by atoms with Gasteiger partial charge in [-0.25, -0.2) is 0 Å². The number of nitrogens with zero attached hydrogens (tertiary/aromatic N) is 1. The van der Waals surface area contributed by atoms with Gasteiger partial charge in [0.15, 0.2) is 0 Å². The Labute approximate surface area is 151 Å². The first-order valence-corrected chi connectivity index (χ1v) is 8.70. The van der Waals surface area contributed by atoms with Crippen molar-refractivity contribution in [3.8, 4) is 0 Å². The van der Waals surface area contributed by atoms with Crippen LogP contribution >= 0.6 is 15.9 Å². The van der Waals surface area contributed by atoms with Gasteiger partial charge >= 0.3 is 0 Å². The fourth-order valence-corrected chi connectivity index (χ4v) is 2.58. The van der Waals surface area contributed by atoms with E-state index in [-0.39, 0.29) is 24.8 Å². The van der Waals surface area contributed by atoms with Crippen LogP contribution in [0.3, 0.4) is 0 Å². The van der Waals surface area contributed by atoms with Gasteiger partial charge < -0.3 is 10.2 Å². The molecular formula is C19H21BrN2O2. The molecule has 0 aliphatic carbocycles. The van der Waals surface area contributed by atoms with E-state index in [1.165, 1.54) is 0 Å². The Morgan fingerprint density at radius 1 is 1.00 bits per heavy atom. The zero-order chi connectivity index (χ0) is 17.4. The van der Waals surface area contributed by atoms with Gasteiger partial charge in [-0.05, 0) is 30.2 Å². The third-order valence-electron chi connectivity index (χ3n) is 3.67. The van der Waals surface area contributed by atoms with Crippen LogP contribution in [-0.2, 0) is 22.6 Å². The van der Waals surface area contributed by atoms with Gasteiger partial charge in [-0.15, -0.1) is 0 Å². The van der Waals surface area contributed by atoms with Gasteiger partial charge in [0.05, 0.1) is 13.0 Å². The van der Waals surface area contributed by atoms with Gasteiger partial charge in [0, 0.05) is 17.6 Å². The number of amides is 2. The van der Waals surface area contributed by atoms with E-state index in [1.54, 1.807) is 4.90 Å². The second-order valence-corrected chi connectivity index (χ2v) is 6.39. The number of carbonyl (C=O) groups is 2. The maximum absolute atomic E-state index is 12.3. The molecule has 2 amide bonds. The molecule has 0 unspecified atom stereocenters. The Hall–Kier alpha value is -2.14. The Morgan fingerprint density at radius 3 is 2.29 bits per heavy atom. The molecule has 0 aliphatic heterocycles. The van der Waals surface area contributed by atoms with Crippen molar-refractivity contribution < 1.29 is 9.59 Å². The van der Waals surface area contributed by atoms with E-state index in [0.717, 1.165) is 15.6 Å². The lowest BCUT2D eigenvalue weighted by Crippen LogP contribution is -2.40. The van der Waals surface area contributed by atoms with Crippen LogP contribution < -0.4 is 5.32 Å². The summed E-state index contributed by atoms with van der Waals surface area (Å²) in [6.45, 7) is 3.12. The first-order chi connectivity index (χ1) is 11.6. The molecule has 2 aromatic carbocycles. The maximum atomic E-state index is 12.3. The predicted molar refractivity (Wildman–Crippen MR) is 98.4 cm³/mol. The second-order valence-electron chi connectivity index (χ2n) is 5.47. The molecule has 0 radical (unpaired) electrons. The van der Waals surface area contributed by atoms with Crippen LogP contribution in [0, 0.1) is 0 Å².